The number of amides is 1. The maximum Gasteiger partial charge on any atom is 0.220 e. The summed E-state index contributed by atoms with van der Waals surface area (Å²) in [7, 11) is 2.08. The second-order valence-corrected chi connectivity index (χ2v) is 7.06. The van der Waals surface area contributed by atoms with E-state index < -0.39 is 0 Å². The molecular formula is C14H30N2O. The summed E-state index contributed by atoms with van der Waals surface area (Å²) in [6.07, 6.45) is 0. The SMILES string of the molecule is CC(=O)N(CN(C)C(C)C(C)(C)C)C(C)(C)C. The van der Waals surface area contributed by atoms with Gasteiger partial charge in [0.2, 0.25) is 5.91 Å². The molecule has 1 atom stereocenters. The number of carbonyl (C=O) groups excluding carboxylic acids is 1. The van der Waals surface area contributed by atoms with Gasteiger partial charge in [0.1, 0.15) is 0 Å². The monoisotopic (exact) mass is 242 g/mol. The Bertz CT molecular complexity index is 260. The Balaban J connectivity index is 4.75. The van der Waals surface area contributed by atoms with Crippen LogP contribution in [0.2, 0.25) is 0 Å². The molecule has 0 aliphatic rings. The number of hydrogen-bond donors (Lipinski definition) is 0. The fourth-order valence-electron chi connectivity index (χ4n) is 1.79. The summed E-state index contributed by atoms with van der Waals surface area (Å²) in [4.78, 5) is 15.9. The lowest BCUT2D eigenvalue weighted by Crippen LogP contribution is -2.53. The van der Waals surface area contributed by atoms with Crippen LogP contribution in [0.15, 0.2) is 0 Å². The van der Waals surface area contributed by atoms with Gasteiger partial charge in [-0.1, -0.05) is 20.8 Å². The van der Waals surface area contributed by atoms with E-state index in [0.717, 1.165) is 0 Å². The van der Waals surface area contributed by atoms with Crippen molar-refractivity contribution in [1.29, 1.82) is 0 Å². The lowest BCUT2D eigenvalue weighted by atomic mass is 9.87. The Kier molecular flexibility index (Phi) is 5.20. The molecule has 102 valence electrons. The van der Waals surface area contributed by atoms with Crippen LogP contribution in [0.1, 0.15) is 55.4 Å². The third kappa shape index (κ3) is 5.07. The highest BCUT2D eigenvalue weighted by Gasteiger charge is 2.29. The van der Waals surface area contributed by atoms with Gasteiger partial charge in [0.25, 0.3) is 0 Å². The van der Waals surface area contributed by atoms with Gasteiger partial charge in [0.05, 0.1) is 6.67 Å². The highest BCUT2D eigenvalue weighted by atomic mass is 16.2. The molecule has 3 nitrogen and oxygen atoms in total. The van der Waals surface area contributed by atoms with Crippen molar-refractivity contribution in [1.82, 2.24) is 9.80 Å². The minimum absolute atomic E-state index is 0.127. The normalized spacial score (nSPS) is 14.9. The third-order valence-corrected chi connectivity index (χ3v) is 3.47. The molecule has 3 heteroatoms. The number of hydrogen-bond acceptors (Lipinski definition) is 2. The molecule has 0 aromatic heterocycles. The fourth-order valence-corrected chi connectivity index (χ4v) is 1.79. The van der Waals surface area contributed by atoms with Crippen LogP contribution < -0.4 is 0 Å². The van der Waals surface area contributed by atoms with Crippen molar-refractivity contribution in [3.05, 3.63) is 0 Å². The van der Waals surface area contributed by atoms with Gasteiger partial charge in [0.15, 0.2) is 0 Å². The van der Waals surface area contributed by atoms with Gasteiger partial charge in [-0.3, -0.25) is 9.69 Å². The standard InChI is InChI=1S/C14H30N2O/c1-11(13(3,4)5)15(9)10-16(12(2)17)14(6,7)8/h11H,10H2,1-9H3. The summed E-state index contributed by atoms with van der Waals surface area (Å²) in [5.41, 5.74) is 0.0901. The zero-order valence-corrected chi connectivity index (χ0v) is 13.1. The quantitative estimate of drug-likeness (QED) is 0.710. The van der Waals surface area contributed by atoms with E-state index in [9.17, 15) is 4.79 Å². The van der Waals surface area contributed by atoms with E-state index in [1.54, 1.807) is 6.92 Å². The molecule has 0 heterocycles. The Morgan fingerprint density at radius 3 is 1.76 bits per heavy atom. The van der Waals surface area contributed by atoms with Gasteiger partial charge in [-0.05, 0) is 40.2 Å². The molecular weight excluding hydrogens is 212 g/mol. The summed E-state index contributed by atoms with van der Waals surface area (Å²) in [5, 5.41) is 0. The first-order valence-corrected chi connectivity index (χ1v) is 6.36. The molecule has 0 rings (SSSR count). The molecule has 0 spiro atoms. The Morgan fingerprint density at radius 1 is 1.12 bits per heavy atom. The van der Waals surface area contributed by atoms with Crippen molar-refractivity contribution in [2.24, 2.45) is 5.41 Å². The van der Waals surface area contributed by atoms with Crippen LogP contribution in [0.25, 0.3) is 0 Å². The lowest BCUT2D eigenvalue weighted by Gasteiger charge is -2.42. The van der Waals surface area contributed by atoms with E-state index in [4.69, 9.17) is 0 Å². The van der Waals surface area contributed by atoms with Crippen LogP contribution in [-0.2, 0) is 4.79 Å². The van der Waals surface area contributed by atoms with E-state index in [-0.39, 0.29) is 16.9 Å². The first kappa shape index (κ1) is 16.4. The third-order valence-electron chi connectivity index (χ3n) is 3.47. The van der Waals surface area contributed by atoms with Crippen LogP contribution in [0.5, 0.6) is 0 Å². The zero-order chi connectivity index (χ0) is 14.0. The summed E-state index contributed by atoms with van der Waals surface area (Å²) < 4.78 is 0. The van der Waals surface area contributed by atoms with E-state index >= 15 is 0 Å². The molecule has 0 aromatic carbocycles. The molecule has 0 radical (unpaired) electrons. The van der Waals surface area contributed by atoms with Crippen molar-refractivity contribution >= 4 is 5.91 Å². The molecule has 0 aliphatic heterocycles. The summed E-state index contributed by atoms with van der Waals surface area (Å²) >= 11 is 0. The van der Waals surface area contributed by atoms with Crippen molar-refractivity contribution in [3.63, 3.8) is 0 Å². The summed E-state index contributed by atoms with van der Waals surface area (Å²) in [6, 6.07) is 0.423. The minimum Gasteiger partial charge on any atom is -0.325 e. The smallest absolute Gasteiger partial charge is 0.220 e. The van der Waals surface area contributed by atoms with Gasteiger partial charge in [-0.2, -0.15) is 0 Å². The van der Waals surface area contributed by atoms with E-state index in [1.807, 2.05) is 4.90 Å². The number of carbonyl (C=O) groups is 1. The maximum atomic E-state index is 11.7. The van der Waals surface area contributed by atoms with Crippen molar-refractivity contribution in [3.8, 4) is 0 Å². The predicted octanol–water partition coefficient (Wildman–Crippen LogP) is 2.96. The first-order valence-electron chi connectivity index (χ1n) is 6.36. The van der Waals surface area contributed by atoms with Gasteiger partial charge < -0.3 is 4.90 Å². The highest BCUT2D eigenvalue weighted by Crippen LogP contribution is 2.24. The fraction of sp³-hybridized carbons (Fsp3) is 0.929. The Labute approximate surface area is 107 Å². The highest BCUT2D eigenvalue weighted by molar-refractivity contribution is 5.73. The zero-order valence-electron chi connectivity index (χ0n) is 13.1. The van der Waals surface area contributed by atoms with E-state index in [1.165, 1.54) is 0 Å². The lowest BCUT2D eigenvalue weighted by molar-refractivity contribution is -0.137. The second kappa shape index (κ2) is 5.38. The number of nitrogens with zero attached hydrogens (tertiary/aromatic N) is 2. The molecule has 0 saturated carbocycles. The van der Waals surface area contributed by atoms with E-state index in [0.29, 0.717) is 12.7 Å². The molecule has 0 N–H and O–H groups in total. The molecule has 0 aromatic rings. The van der Waals surface area contributed by atoms with Gasteiger partial charge in [-0.15, -0.1) is 0 Å². The Hall–Kier alpha value is -0.570. The number of rotatable bonds is 3. The topological polar surface area (TPSA) is 23.6 Å². The Morgan fingerprint density at radius 2 is 1.53 bits per heavy atom. The van der Waals surface area contributed by atoms with Crippen LogP contribution in [0, 0.1) is 5.41 Å². The van der Waals surface area contributed by atoms with Crippen LogP contribution in [0.3, 0.4) is 0 Å². The molecule has 0 fully saturated rings. The van der Waals surface area contributed by atoms with Gasteiger partial charge in [0, 0.05) is 18.5 Å². The van der Waals surface area contributed by atoms with Crippen LogP contribution >= 0.6 is 0 Å². The molecule has 0 saturated heterocycles. The largest absolute Gasteiger partial charge is 0.325 e. The van der Waals surface area contributed by atoms with Crippen molar-refractivity contribution in [2.45, 2.75) is 67.0 Å². The predicted molar refractivity (Wildman–Crippen MR) is 73.8 cm³/mol. The average Bonchev–Trinajstić information content (AvgIpc) is 2.08. The molecule has 17 heavy (non-hydrogen) atoms. The van der Waals surface area contributed by atoms with Crippen LogP contribution in [0.4, 0.5) is 0 Å². The van der Waals surface area contributed by atoms with Gasteiger partial charge >= 0.3 is 0 Å². The minimum atomic E-state index is -0.127. The van der Waals surface area contributed by atoms with Gasteiger partial charge in [-0.25, -0.2) is 0 Å². The first-order chi connectivity index (χ1) is 7.37. The van der Waals surface area contributed by atoms with Crippen molar-refractivity contribution < 1.29 is 4.79 Å². The van der Waals surface area contributed by atoms with Crippen LogP contribution in [-0.4, -0.2) is 41.0 Å². The summed E-state index contributed by atoms with van der Waals surface area (Å²) in [6.45, 7) is 17.4. The molecule has 0 aliphatic carbocycles. The van der Waals surface area contributed by atoms with E-state index in [2.05, 4.69) is 60.4 Å². The summed E-state index contributed by atoms with van der Waals surface area (Å²) in [5.74, 6) is 0.130. The molecule has 0 bridgehead atoms. The average molecular weight is 242 g/mol. The molecule has 1 unspecified atom stereocenters. The maximum absolute atomic E-state index is 11.7. The van der Waals surface area contributed by atoms with Crippen molar-refractivity contribution in [2.75, 3.05) is 13.7 Å². The molecule has 1 amide bonds. The second-order valence-electron chi connectivity index (χ2n) is 7.06.